The van der Waals surface area contributed by atoms with E-state index in [1.165, 1.54) is 6.92 Å². The molecule has 0 aromatic heterocycles. The fourth-order valence-electron chi connectivity index (χ4n) is 1.61. The van der Waals surface area contributed by atoms with Crippen LogP contribution in [0.15, 0.2) is 0 Å². The summed E-state index contributed by atoms with van der Waals surface area (Å²) in [5.41, 5.74) is 0. The normalized spacial score (nSPS) is 12.0. The van der Waals surface area contributed by atoms with Crippen LogP contribution >= 0.6 is 0 Å². The predicted molar refractivity (Wildman–Crippen MR) is 71.6 cm³/mol. The minimum atomic E-state index is -1.01. The van der Waals surface area contributed by atoms with Gasteiger partial charge in [-0.25, -0.2) is 4.79 Å². The van der Waals surface area contributed by atoms with E-state index < -0.39 is 12.0 Å². The second kappa shape index (κ2) is 9.35. The number of carboxylic acids is 1. The molecule has 0 fully saturated rings. The molecule has 0 saturated heterocycles. The molecular formula is C13H24N2O4. The lowest BCUT2D eigenvalue weighted by atomic mass is 10.0. The number of hydrogen-bond acceptors (Lipinski definition) is 3. The Balaban J connectivity index is 3.74. The van der Waals surface area contributed by atoms with Gasteiger partial charge in [0.25, 0.3) is 0 Å². The Bertz CT molecular complexity index is 316. The maximum Gasteiger partial charge on any atom is 0.326 e. The van der Waals surface area contributed by atoms with Crippen LogP contribution in [0.4, 0.5) is 0 Å². The van der Waals surface area contributed by atoms with Crippen molar-refractivity contribution in [3.8, 4) is 0 Å². The topological polar surface area (TPSA) is 95.5 Å². The number of rotatable bonds is 9. The van der Waals surface area contributed by atoms with E-state index in [-0.39, 0.29) is 17.7 Å². The van der Waals surface area contributed by atoms with E-state index in [2.05, 4.69) is 10.6 Å². The van der Waals surface area contributed by atoms with Crippen molar-refractivity contribution in [2.75, 3.05) is 6.54 Å². The van der Waals surface area contributed by atoms with E-state index in [4.69, 9.17) is 5.11 Å². The van der Waals surface area contributed by atoms with Crippen LogP contribution in [0, 0.1) is 5.92 Å². The number of carbonyl (C=O) groups excluding carboxylic acids is 2. The highest BCUT2D eigenvalue weighted by atomic mass is 16.4. The number of nitrogens with one attached hydrogen (secondary N) is 2. The van der Waals surface area contributed by atoms with Gasteiger partial charge < -0.3 is 15.7 Å². The Labute approximate surface area is 113 Å². The molecule has 2 amide bonds. The Kier molecular flexibility index (Phi) is 8.57. The SMILES string of the molecule is CC(=O)NCCCCCC(=O)N[C@H](C(=O)O)C(C)C. The smallest absolute Gasteiger partial charge is 0.326 e. The van der Waals surface area contributed by atoms with Crippen molar-refractivity contribution in [3.05, 3.63) is 0 Å². The molecule has 0 aromatic rings. The number of amides is 2. The van der Waals surface area contributed by atoms with Gasteiger partial charge in [0.1, 0.15) is 6.04 Å². The molecule has 0 aliphatic heterocycles. The number of carbonyl (C=O) groups is 3. The van der Waals surface area contributed by atoms with Gasteiger partial charge >= 0.3 is 5.97 Å². The van der Waals surface area contributed by atoms with Crippen LogP contribution in [0.5, 0.6) is 0 Å². The Morgan fingerprint density at radius 1 is 1.11 bits per heavy atom. The highest BCUT2D eigenvalue weighted by molar-refractivity contribution is 5.83. The molecule has 0 aliphatic rings. The van der Waals surface area contributed by atoms with E-state index in [0.29, 0.717) is 19.4 Å². The van der Waals surface area contributed by atoms with Crippen molar-refractivity contribution in [1.82, 2.24) is 10.6 Å². The van der Waals surface area contributed by atoms with Gasteiger partial charge in [0.05, 0.1) is 0 Å². The van der Waals surface area contributed by atoms with Crippen LogP contribution in [-0.2, 0) is 14.4 Å². The lowest BCUT2D eigenvalue weighted by Gasteiger charge is -2.17. The molecule has 1 atom stereocenters. The minimum Gasteiger partial charge on any atom is -0.480 e. The molecule has 0 unspecified atom stereocenters. The van der Waals surface area contributed by atoms with Crippen molar-refractivity contribution in [1.29, 1.82) is 0 Å². The fraction of sp³-hybridized carbons (Fsp3) is 0.769. The molecule has 0 bridgehead atoms. The first-order valence-corrected chi connectivity index (χ1v) is 6.61. The second-order valence-corrected chi connectivity index (χ2v) is 4.92. The van der Waals surface area contributed by atoms with Gasteiger partial charge in [-0.3, -0.25) is 9.59 Å². The van der Waals surface area contributed by atoms with E-state index in [1.54, 1.807) is 13.8 Å². The molecule has 0 spiro atoms. The molecule has 6 heteroatoms. The summed E-state index contributed by atoms with van der Waals surface area (Å²) in [6.07, 6.45) is 2.65. The fourth-order valence-corrected chi connectivity index (χ4v) is 1.61. The van der Waals surface area contributed by atoms with Gasteiger partial charge in [-0.15, -0.1) is 0 Å². The van der Waals surface area contributed by atoms with Crippen molar-refractivity contribution in [2.45, 2.75) is 52.5 Å². The van der Waals surface area contributed by atoms with Gasteiger partial charge in [0.15, 0.2) is 0 Å². The molecule has 3 N–H and O–H groups in total. The van der Waals surface area contributed by atoms with E-state index in [1.807, 2.05) is 0 Å². The van der Waals surface area contributed by atoms with Crippen molar-refractivity contribution >= 4 is 17.8 Å². The average molecular weight is 272 g/mol. The van der Waals surface area contributed by atoms with Gasteiger partial charge in [-0.1, -0.05) is 20.3 Å². The molecule has 0 radical (unpaired) electrons. The predicted octanol–water partition coefficient (Wildman–Crippen LogP) is 0.908. The number of unbranched alkanes of at least 4 members (excludes halogenated alkanes) is 2. The molecule has 0 saturated carbocycles. The third-order valence-electron chi connectivity index (χ3n) is 2.70. The van der Waals surface area contributed by atoms with Crippen molar-refractivity contribution in [3.63, 3.8) is 0 Å². The summed E-state index contributed by atoms with van der Waals surface area (Å²) in [5, 5.41) is 14.1. The maximum absolute atomic E-state index is 11.6. The largest absolute Gasteiger partial charge is 0.480 e. The zero-order valence-electron chi connectivity index (χ0n) is 11.9. The molecular weight excluding hydrogens is 248 g/mol. The van der Waals surface area contributed by atoms with Crippen LogP contribution in [0.1, 0.15) is 46.5 Å². The quantitative estimate of drug-likeness (QED) is 0.544. The zero-order chi connectivity index (χ0) is 14.8. The maximum atomic E-state index is 11.6. The summed E-state index contributed by atoms with van der Waals surface area (Å²) in [6, 6.07) is -0.827. The molecule has 19 heavy (non-hydrogen) atoms. The van der Waals surface area contributed by atoms with E-state index >= 15 is 0 Å². The summed E-state index contributed by atoms with van der Waals surface area (Å²) in [4.78, 5) is 33.1. The minimum absolute atomic E-state index is 0.0565. The van der Waals surface area contributed by atoms with E-state index in [0.717, 1.165) is 12.8 Å². The third kappa shape index (κ3) is 9.04. The molecule has 0 heterocycles. The van der Waals surface area contributed by atoms with Gasteiger partial charge in [-0.2, -0.15) is 0 Å². The van der Waals surface area contributed by atoms with Crippen molar-refractivity contribution < 1.29 is 19.5 Å². The Morgan fingerprint density at radius 3 is 2.21 bits per heavy atom. The van der Waals surface area contributed by atoms with Crippen molar-refractivity contribution in [2.24, 2.45) is 5.92 Å². The van der Waals surface area contributed by atoms with Gasteiger partial charge in [0.2, 0.25) is 11.8 Å². The number of aliphatic carboxylic acids is 1. The Morgan fingerprint density at radius 2 is 1.74 bits per heavy atom. The first kappa shape index (κ1) is 17.4. The molecule has 0 aliphatic carbocycles. The zero-order valence-corrected chi connectivity index (χ0v) is 11.9. The first-order valence-electron chi connectivity index (χ1n) is 6.61. The third-order valence-corrected chi connectivity index (χ3v) is 2.70. The summed E-state index contributed by atoms with van der Waals surface area (Å²) >= 11 is 0. The van der Waals surface area contributed by atoms with Crippen LogP contribution in [0.3, 0.4) is 0 Å². The molecule has 110 valence electrons. The molecule has 0 rings (SSSR count). The number of carboxylic acid groups (broad SMARTS) is 1. The summed E-state index contributed by atoms with van der Waals surface area (Å²) in [7, 11) is 0. The highest BCUT2D eigenvalue weighted by Gasteiger charge is 2.22. The highest BCUT2D eigenvalue weighted by Crippen LogP contribution is 2.04. The van der Waals surface area contributed by atoms with Crippen LogP contribution in [0.2, 0.25) is 0 Å². The standard InChI is InChI=1S/C13H24N2O4/c1-9(2)12(13(18)19)15-11(17)7-5-4-6-8-14-10(3)16/h9,12H,4-8H2,1-3H3,(H,14,16)(H,15,17)(H,18,19)/t12-/m0/s1. The first-order chi connectivity index (χ1) is 8.84. The van der Waals surface area contributed by atoms with Crippen LogP contribution < -0.4 is 10.6 Å². The summed E-state index contributed by atoms with van der Waals surface area (Å²) in [5.74, 6) is -1.44. The lowest BCUT2D eigenvalue weighted by Crippen LogP contribution is -2.44. The molecule has 6 nitrogen and oxygen atoms in total. The summed E-state index contributed by atoms with van der Waals surface area (Å²) in [6.45, 7) is 5.59. The monoisotopic (exact) mass is 272 g/mol. The summed E-state index contributed by atoms with van der Waals surface area (Å²) < 4.78 is 0. The van der Waals surface area contributed by atoms with Crippen LogP contribution in [-0.4, -0.2) is 35.5 Å². The van der Waals surface area contributed by atoms with Gasteiger partial charge in [-0.05, 0) is 18.8 Å². The molecule has 0 aromatic carbocycles. The lowest BCUT2D eigenvalue weighted by molar-refractivity contribution is -0.143. The second-order valence-electron chi connectivity index (χ2n) is 4.92. The number of hydrogen-bond donors (Lipinski definition) is 3. The van der Waals surface area contributed by atoms with E-state index in [9.17, 15) is 14.4 Å². The Hall–Kier alpha value is -1.59. The van der Waals surface area contributed by atoms with Crippen LogP contribution in [0.25, 0.3) is 0 Å². The van der Waals surface area contributed by atoms with Gasteiger partial charge in [0, 0.05) is 19.9 Å². The average Bonchev–Trinajstić information content (AvgIpc) is 2.29.